The highest BCUT2D eigenvalue weighted by Gasteiger charge is 2.49. The minimum atomic E-state index is -1.32. The van der Waals surface area contributed by atoms with Crippen LogP contribution in [0.25, 0.3) is 11.0 Å². The van der Waals surface area contributed by atoms with E-state index in [0.717, 1.165) is 9.37 Å². The van der Waals surface area contributed by atoms with Crippen LogP contribution in [0.2, 0.25) is 0 Å². The number of nitrogens with one attached hydrogen (secondary N) is 1. The molecule has 1 aliphatic heterocycles. The molecular formula is C20H14BrFN2O4. The molecule has 6 nitrogen and oxygen atoms in total. The Kier molecular flexibility index (Phi) is 4.30. The van der Waals surface area contributed by atoms with Gasteiger partial charge in [0.15, 0.2) is 0 Å². The summed E-state index contributed by atoms with van der Waals surface area (Å²) in [4.78, 5) is 38.5. The molecule has 0 bridgehead atoms. The summed E-state index contributed by atoms with van der Waals surface area (Å²) in [6, 6.07) is 11.2. The topological polar surface area (TPSA) is 79.6 Å². The van der Waals surface area contributed by atoms with E-state index in [1.165, 1.54) is 30.3 Å². The van der Waals surface area contributed by atoms with E-state index in [4.69, 9.17) is 4.42 Å². The lowest BCUT2D eigenvalue weighted by atomic mass is 9.92. The first-order chi connectivity index (χ1) is 13.3. The Balaban J connectivity index is 1.72. The monoisotopic (exact) mass is 444 g/mol. The SMILES string of the molecule is CC1(c2ccc(F)cc2)NC(=O)N(Cc2cc(=O)oc3cc(Br)ccc23)C1=O. The Morgan fingerprint density at radius 3 is 2.54 bits per heavy atom. The summed E-state index contributed by atoms with van der Waals surface area (Å²) in [6.45, 7) is 1.47. The zero-order chi connectivity index (χ0) is 20.1. The Morgan fingerprint density at radius 1 is 1.11 bits per heavy atom. The second-order valence-electron chi connectivity index (χ2n) is 6.68. The molecule has 1 fully saturated rings. The third-order valence-corrected chi connectivity index (χ3v) is 5.31. The predicted molar refractivity (Wildman–Crippen MR) is 103 cm³/mol. The van der Waals surface area contributed by atoms with Crippen molar-refractivity contribution in [3.05, 3.63) is 80.4 Å². The molecule has 1 aromatic heterocycles. The maximum absolute atomic E-state index is 13.2. The van der Waals surface area contributed by atoms with Crippen LogP contribution in [0.1, 0.15) is 18.1 Å². The summed E-state index contributed by atoms with van der Waals surface area (Å²) in [7, 11) is 0. The number of nitrogens with zero attached hydrogens (tertiary/aromatic N) is 1. The van der Waals surface area contributed by atoms with Gasteiger partial charge >= 0.3 is 11.7 Å². The Hall–Kier alpha value is -3.00. The minimum absolute atomic E-state index is 0.0921. The molecule has 1 aliphatic rings. The summed E-state index contributed by atoms with van der Waals surface area (Å²) >= 11 is 3.32. The molecule has 1 atom stereocenters. The van der Waals surface area contributed by atoms with Gasteiger partial charge in [-0.15, -0.1) is 0 Å². The molecule has 8 heteroatoms. The van der Waals surface area contributed by atoms with Gasteiger partial charge in [-0.2, -0.15) is 0 Å². The first kappa shape index (κ1) is 18.4. The van der Waals surface area contributed by atoms with E-state index in [-0.39, 0.29) is 6.54 Å². The van der Waals surface area contributed by atoms with E-state index < -0.39 is 28.9 Å². The van der Waals surface area contributed by atoms with E-state index in [2.05, 4.69) is 21.2 Å². The highest BCUT2D eigenvalue weighted by molar-refractivity contribution is 9.10. The smallest absolute Gasteiger partial charge is 0.336 e. The molecule has 2 aromatic carbocycles. The molecule has 28 heavy (non-hydrogen) atoms. The lowest BCUT2D eigenvalue weighted by Crippen LogP contribution is -2.40. The highest BCUT2D eigenvalue weighted by Crippen LogP contribution is 2.31. The molecule has 0 aliphatic carbocycles. The fraction of sp³-hybridized carbons (Fsp3) is 0.150. The van der Waals surface area contributed by atoms with Crippen LogP contribution in [0.5, 0.6) is 0 Å². The normalized spacial score (nSPS) is 19.3. The van der Waals surface area contributed by atoms with E-state index in [0.29, 0.717) is 22.1 Å². The van der Waals surface area contributed by atoms with Crippen molar-refractivity contribution in [1.29, 1.82) is 0 Å². The number of benzene rings is 2. The highest BCUT2D eigenvalue weighted by atomic mass is 79.9. The summed E-state index contributed by atoms with van der Waals surface area (Å²) in [5.41, 5.74) is -0.579. The van der Waals surface area contributed by atoms with Crippen molar-refractivity contribution in [3.8, 4) is 0 Å². The minimum Gasteiger partial charge on any atom is -0.423 e. The van der Waals surface area contributed by atoms with Crippen molar-refractivity contribution in [3.63, 3.8) is 0 Å². The molecule has 142 valence electrons. The second kappa shape index (κ2) is 6.56. The molecule has 3 amide bonds. The van der Waals surface area contributed by atoms with E-state index >= 15 is 0 Å². The van der Waals surface area contributed by atoms with Crippen LogP contribution < -0.4 is 10.9 Å². The largest absolute Gasteiger partial charge is 0.423 e. The lowest BCUT2D eigenvalue weighted by molar-refractivity contribution is -0.131. The lowest BCUT2D eigenvalue weighted by Gasteiger charge is -2.22. The number of hydrogen-bond acceptors (Lipinski definition) is 4. The first-order valence-electron chi connectivity index (χ1n) is 8.40. The number of carbonyl (C=O) groups is 2. The third kappa shape index (κ3) is 2.99. The van der Waals surface area contributed by atoms with Crippen LogP contribution in [0, 0.1) is 5.82 Å². The van der Waals surface area contributed by atoms with E-state index in [1.807, 2.05) is 0 Å². The van der Waals surface area contributed by atoms with Gasteiger partial charge in [-0.3, -0.25) is 9.69 Å². The van der Waals surface area contributed by atoms with Gasteiger partial charge in [-0.1, -0.05) is 28.1 Å². The van der Waals surface area contributed by atoms with Gasteiger partial charge in [-0.05, 0) is 48.4 Å². The fourth-order valence-electron chi connectivity index (χ4n) is 3.32. The van der Waals surface area contributed by atoms with Crippen LogP contribution in [-0.2, 0) is 16.9 Å². The zero-order valence-electron chi connectivity index (χ0n) is 14.7. The average Bonchev–Trinajstić information content (AvgIpc) is 2.85. The van der Waals surface area contributed by atoms with Crippen LogP contribution in [-0.4, -0.2) is 16.8 Å². The standard InChI is InChI=1S/C20H14BrFN2O4/c1-20(12-2-5-14(22)6-3-12)18(26)24(19(27)23-20)10-11-8-17(25)28-16-9-13(21)4-7-15(11)16/h2-9H,10H2,1H3,(H,23,27). The van der Waals surface area contributed by atoms with Crippen molar-refractivity contribution in [2.75, 3.05) is 0 Å². The fourth-order valence-corrected chi connectivity index (χ4v) is 3.66. The van der Waals surface area contributed by atoms with Gasteiger partial charge in [-0.25, -0.2) is 14.0 Å². The van der Waals surface area contributed by atoms with Crippen molar-refractivity contribution in [1.82, 2.24) is 10.2 Å². The number of urea groups is 1. The molecule has 2 heterocycles. The molecule has 0 saturated carbocycles. The molecule has 4 rings (SSSR count). The molecule has 0 spiro atoms. The molecule has 1 unspecified atom stereocenters. The van der Waals surface area contributed by atoms with Crippen molar-refractivity contribution in [2.45, 2.75) is 19.0 Å². The molecular weight excluding hydrogens is 431 g/mol. The van der Waals surface area contributed by atoms with Crippen molar-refractivity contribution >= 4 is 38.8 Å². The number of halogens is 2. The van der Waals surface area contributed by atoms with Crippen molar-refractivity contribution < 1.29 is 18.4 Å². The van der Waals surface area contributed by atoms with Crippen LogP contribution >= 0.6 is 15.9 Å². The number of rotatable bonds is 3. The molecule has 3 aromatic rings. The van der Waals surface area contributed by atoms with Gasteiger partial charge in [0, 0.05) is 15.9 Å². The molecule has 1 saturated heterocycles. The van der Waals surface area contributed by atoms with Gasteiger partial charge in [0.05, 0.1) is 6.54 Å². The van der Waals surface area contributed by atoms with Crippen LogP contribution in [0.4, 0.5) is 9.18 Å². The zero-order valence-corrected chi connectivity index (χ0v) is 16.2. The van der Waals surface area contributed by atoms with Gasteiger partial charge in [0.2, 0.25) is 0 Å². The Labute approximate surface area is 167 Å². The van der Waals surface area contributed by atoms with Gasteiger partial charge in [0.1, 0.15) is 16.9 Å². The van der Waals surface area contributed by atoms with Crippen LogP contribution in [0.15, 0.2) is 62.2 Å². The maximum atomic E-state index is 13.2. The third-order valence-electron chi connectivity index (χ3n) is 4.82. The van der Waals surface area contributed by atoms with Gasteiger partial charge in [0.25, 0.3) is 5.91 Å². The number of imide groups is 1. The summed E-state index contributed by atoms with van der Waals surface area (Å²) in [5, 5.41) is 3.29. The number of hydrogen-bond donors (Lipinski definition) is 1. The second-order valence-corrected chi connectivity index (χ2v) is 7.60. The average molecular weight is 445 g/mol. The molecule has 1 N–H and O–H groups in total. The Morgan fingerprint density at radius 2 is 1.82 bits per heavy atom. The van der Waals surface area contributed by atoms with Crippen molar-refractivity contribution in [2.24, 2.45) is 0 Å². The van der Waals surface area contributed by atoms with E-state index in [1.54, 1.807) is 25.1 Å². The van der Waals surface area contributed by atoms with Gasteiger partial charge < -0.3 is 9.73 Å². The Bertz CT molecular complexity index is 1180. The summed E-state index contributed by atoms with van der Waals surface area (Å²) in [6.07, 6.45) is 0. The first-order valence-corrected chi connectivity index (χ1v) is 9.20. The maximum Gasteiger partial charge on any atom is 0.336 e. The summed E-state index contributed by atoms with van der Waals surface area (Å²) < 4.78 is 19.2. The molecule has 0 radical (unpaired) electrons. The number of carbonyl (C=O) groups excluding carboxylic acids is 2. The predicted octanol–water partition coefficient (Wildman–Crippen LogP) is 3.66. The van der Waals surface area contributed by atoms with E-state index in [9.17, 15) is 18.8 Å². The number of fused-ring (bicyclic) bond motifs is 1. The number of amides is 3. The quantitative estimate of drug-likeness (QED) is 0.493. The van der Waals surface area contributed by atoms with Crippen LogP contribution in [0.3, 0.4) is 0 Å². The summed E-state index contributed by atoms with van der Waals surface area (Å²) in [5.74, 6) is -0.919.